The van der Waals surface area contributed by atoms with Gasteiger partial charge in [0, 0.05) is 24.1 Å². The van der Waals surface area contributed by atoms with Gasteiger partial charge in [0.25, 0.3) is 5.91 Å². The zero-order valence-corrected chi connectivity index (χ0v) is 12.6. The molecule has 7 heteroatoms. The Morgan fingerprint density at radius 1 is 1.35 bits per heavy atom. The summed E-state index contributed by atoms with van der Waals surface area (Å²) in [5.41, 5.74) is 2.23. The summed E-state index contributed by atoms with van der Waals surface area (Å²) in [6.07, 6.45) is 5.37. The van der Waals surface area contributed by atoms with Gasteiger partial charge in [0.05, 0.1) is 5.56 Å². The molecule has 118 valence electrons. The molecule has 23 heavy (non-hydrogen) atoms. The predicted octanol–water partition coefficient (Wildman–Crippen LogP) is 1.17. The molecule has 2 N–H and O–H groups in total. The number of aryl methyl sites for hydroxylation is 2. The number of carboxylic acid groups (broad SMARTS) is 1. The molecule has 0 fully saturated rings. The number of carbonyl (C=O) groups is 2. The summed E-state index contributed by atoms with van der Waals surface area (Å²) in [6, 6.07) is 2.60. The summed E-state index contributed by atoms with van der Waals surface area (Å²) in [7, 11) is 0. The lowest BCUT2D eigenvalue weighted by molar-refractivity contribution is 0.0696. The number of hydrogen-bond donors (Lipinski definition) is 2. The number of nitrogens with zero attached hydrogens (tertiary/aromatic N) is 3. The monoisotopic (exact) mass is 312 g/mol. The highest BCUT2D eigenvalue weighted by Gasteiger charge is 2.22. The summed E-state index contributed by atoms with van der Waals surface area (Å²) in [6.45, 7) is 1.86. The smallest absolute Gasteiger partial charge is 0.335 e. The molecule has 0 saturated heterocycles. The first-order chi connectivity index (χ1) is 11.0. The lowest BCUT2D eigenvalue weighted by Gasteiger charge is -2.24. The lowest BCUT2D eigenvalue weighted by Crippen LogP contribution is -2.39. The van der Waals surface area contributed by atoms with Crippen molar-refractivity contribution in [3.05, 3.63) is 52.9 Å². The van der Waals surface area contributed by atoms with Crippen LogP contribution in [0.1, 0.15) is 44.3 Å². The van der Waals surface area contributed by atoms with Crippen LogP contribution in [0.2, 0.25) is 0 Å². The molecule has 2 aromatic rings. The SMILES string of the molecule is Cc1ncc2c(n1)CCC(NC(=O)c1cc(C(=O)O)ccn1)C2. The first-order valence-corrected chi connectivity index (χ1v) is 7.34. The number of hydrogen-bond acceptors (Lipinski definition) is 5. The fourth-order valence-electron chi connectivity index (χ4n) is 2.68. The largest absolute Gasteiger partial charge is 0.478 e. The molecular weight excluding hydrogens is 296 g/mol. The van der Waals surface area contributed by atoms with Crippen molar-refractivity contribution in [3.63, 3.8) is 0 Å². The van der Waals surface area contributed by atoms with E-state index in [9.17, 15) is 9.59 Å². The van der Waals surface area contributed by atoms with E-state index >= 15 is 0 Å². The maximum atomic E-state index is 12.3. The van der Waals surface area contributed by atoms with Crippen LogP contribution in [0.15, 0.2) is 24.5 Å². The molecule has 0 saturated carbocycles. The van der Waals surface area contributed by atoms with Crippen molar-refractivity contribution in [2.75, 3.05) is 0 Å². The number of aromatic carboxylic acids is 1. The number of nitrogens with one attached hydrogen (secondary N) is 1. The molecular formula is C16H16N4O3. The summed E-state index contributed by atoms with van der Waals surface area (Å²) >= 11 is 0. The molecule has 3 rings (SSSR count). The van der Waals surface area contributed by atoms with Gasteiger partial charge in [-0.1, -0.05) is 0 Å². The predicted molar refractivity (Wildman–Crippen MR) is 81.2 cm³/mol. The van der Waals surface area contributed by atoms with Gasteiger partial charge in [-0.2, -0.15) is 0 Å². The molecule has 0 spiro atoms. The molecule has 0 bridgehead atoms. The van der Waals surface area contributed by atoms with Crippen LogP contribution in [-0.2, 0) is 12.8 Å². The molecule has 1 aliphatic carbocycles. The number of amides is 1. The van der Waals surface area contributed by atoms with E-state index in [-0.39, 0.29) is 23.2 Å². The molecule has 1 aliphatic rings. The van der Waals surface area contributed by atoms with Gasteiger partial charge in [0.1, 0.15) is 11.5 Å². The van der Waals surface area contributed by atoms with Crippen molar-refractivity contribution < 1.29 is 14.7 Å². The Kier molecular flexibility index (Phi) is 4.01. The van der Waals surface area contributed by atoms with Crippen LogP contribution in [-0.4, -0.2) is 38.0 Å². The Morgan fingerprint density at radius 2 is 2.17 bits per heavy atom. The highest BCUT2D eigenvalue weighted by Crippen LogP contribution is 2.19. The van der Waals surface area contributed by atoms with Crippen molar-refractivity contribution in [2.24, 2.45) is 0 Å². The topological polar surface area (TPSA) is 105 Å². The average molecular weight is 312 g/mol. The van der Waals surface area contributed by atoms with E-state index in [4.69, 9.17) is 5.11 Å². The quantitative estimate of drug-likeness (QED) is 0.881. The Hall–Kier alpha value is -2.83. The van der Waals surface area contributed by atoms with E-state index in [1.807, 2.05) is 6.92 Å². The van der Waals surface area contributed by atoms with Crippen molar-refractivity contribution in [2.45, 2.75) is 32.2 Å². The van der Waals surface area contributed by atoms with Crippen LogP contribution in [0.4, 0.5) is 0 Å². The number of aromatic nitrogens is 3. The van der Waals surface area contributed by atoms with Gasteiger partial charge < -0.3 is 10.4 Å². The van der Waals surface area contributed by atoms with Crippen LogP contribution in [0.25, 0.3) is 0 Å². The highest BCUT2D eigenvalue weighted by molar-refractivity contribution is 5.95. The third kappa shape index (κ3) is 3.33. The molecule has 0 aromatic carbocycles. The van der Waals surface area contributed by atoms with Gasteiger partial charge in [-0.05, 0) is 43.9 Å². The van der Waals surface area contributed by atoms with Crippen LogP contribution in [0.3, 0.4) is 0 Å². The molecule has 0 aliphatic heterocycles. The second-order valence-electron chi connectivity index (χ2n) is 5.54. The van der Waals surface area contributed by atoms with Gasteiger partial charge in [0.15, 0.2) is 0 Å². The van der Waals surface area contributed by atoms with E-state index in [0.717, 1.165) is 29.9 Å². The second-order valence-corrected chi connectivity index (χ2v) is 5.54. The second kappa shape index (κ2) is 6.12. The van der Waals surface area contributed by atoms with Crippen LogP contribution >= 0.6 is 0 Å². The number of carboxylic acids is 1. The summed E-state index contributed by atoms with van der Waals surface area (Å²) in [4.78, 5) is 35.8. The lowest BCUT2D eigenvalue weighted by atomic mass is 9.92. The minimum atomic E-state index is -1.08. The maximum absolute atomic E-state index is 12.3. The standard InChI is InChI=1S/C16H16N4O3/c1-9-18-8-11-6-12(2-3-13(11)19-9)20-15(21)14-7-10(16(22)23)4-5-17-14/h4-5,7-8,12H,2-3,6H2,1H3,(H,20,21)(H,22,23). The van der Waals surface area contributed by atoms with Gasteiger partial charge in [-0.15, -0.1) is 0 Å². The summed E-state index contributed by atoms with van der Waals surface area (Å²) < 4.78 is 0. The third-order valence-electron chi connectivity index (χ3n) is 3.85. The summed E-state index contributed by atoms with van der Waals surface area (Å²) in [5.74, 6) is -0.698. The van der Waals surface area contributed by atoms with Crippen molar-refractivity contribution in [1.29, 1.82) is 0 Å². The van der Waals surface area contributed by atoms with Gasteiger partial charge in [-0.3, -0.25) is 9.78 Å². The van der Waals surface area contributed by atoms with Crippen LogP contribution < -0.4 is 5.32 Å². The molecule has 1 unspecified atom stereocenters. The number of carbonyl (C=O) groups excluding carboxylic acids is 1. The van der Waals surface area contributed by atoms with Crippen molar-refractivity contribution in [1.82, 2.24) is 20.3 Å². The zero-order valence-electron chi connectivity index (χ0n) is 12.6. The molecule has 2 heterocycles. The molecule has 1 atom stereocenters. The molecule has 1 amide bonds. The Bertz CT molecular complexity index is 776. The summed E-state index contributed by atoms with van der Waals surface area (Å²) in [5, 5.41) is 11.9. The van der Waals surface area contributed by atoms with E-state index in [2.05, 4.69) is 20.3 Å². The normalized spacial score (nSPS) is 16.5. The maximum Gasteiger partial charge on any atom is 0.335 e. The zero-order chi connectivity index (χ0) is 16.4. The number of rotatable bonds is 3. The van der Waals surface area contributed by atoms with E-state index in [0.29, 0.717) is 6.42 Å². The Balaban J connectivity index is 1.70. The minimum Gasteiger partial charge on any atom is -0.478 e. The van der Waals surface area contributed by atoms with E-state index < -0.39 is 5.97 Å². The first kappa shape index (κ1) is 15.1. The van der Waals surface area contributed by atoms with Gasteiger partial charge in [0.2, 0.25) is 0 Å². The fraction of sp³-hybridized carbons (Fsp3) is 0.312. The Labute approximate surface area is 132 Å². The first-order valence-electron chi connectivity index (χ1n) is 7.34. The van der Waals surface area contributed by atoms with Crippen LogP contribution in [0.5, 0.6) is 0 Å². The molecule has 0 radical (unpaired) electrons. The molecule has 7 nitrogen and oxygen atoms in total. The van der Waals surface area contributed by atoms with Gasteiger partial charge in [-0.25, -0.2) is 14.8 Å². The van der Waals surface area contributed by atoms with E-state index in [1.165, 1.54) is 18.3 Å². The average Bonchev–Trinajstić information content (AvgIpc) is 2.55. The third-order valence-corrected chi connectivity index (χ3v) is 3.85. The van der Waals surface area contributed by atoms with Crippen molar-refractivity contribution >= 4 is 11.9 Å². The Morgan fingerprint density at radius 3 is 2.96 bits per heavy atom. The van der Waals surface area contributed by atoms with E-state index in [1.54, 1.807) is 6.20 Å². The van der Waals surface area contributed by atoms with Crippen LogP contribution in [0, 0.1) is 6.92 Å². The van der Waals surface area contributed by atoms with Crippen molar-refractivity contribution in [3.8, 4) is 0 Å². The minimum absolute atomic E-state index is 0.0309. The molecule has 2 aromatic heterocycles. The number of fused-ring (bicyclic) bond motifs is 1. The van der Waals surface area contributed by atoms with Gasteiger partial charge >= 0.3 is 5.97 Å². The highest BCUT2D eigenvalue weighted by atomic mass is 16.4. The fourth-order valence-corrected chi connectivity index (χ4v) is 2.68. The number of pyridine rings is 1.